The summed E-state index contributed by atoms with van der Waals surface area (Å²) in [5.74, 6) is 0.884. The average molecular weight is 370 g/mol. The number of aryl methyl sites for hydroxylation is 1. The Morgan fingerprint density at radius 3 is 2.59 bits per heavy atom. The highest BCUT2D eigenvalue weighted by Gasteiger charge is 2.28. The van der Waals surface area contributed by atoms with Crippen molar-refractivity contribution in [1.82, 2.24) is 5.32 Å². The standard InChI is InChI=1S/C19H22N4O4/c1-11(2)20-19(24)18-12(3)17-15(5-4-6-16(17)27-18)22-21-13-7-9-14(10-8-13)23(25)26/h7-11,21H,4-6H2,1-3H3,(H,20,24)/b22-15+. The van der Waals surface area contributed by atoms with Crippen LogP contribution in [0, 0.1) is 17.0 Å². The lowest BCUT2D eigenvalue weighted by Crippen LogP contribution is -2.30. The normalized spacial score (nSPS) is 14.9. The lowest BCUT2D eigenvalue weighted by Gasteiger charge is -2.13. The highest BCUT2D eigenvalue weighted by atomic mass is 16.6. The molecular weight excluding hydrogens is 348 g/mol. The maximum atomic E-state index is 12.4. The molecule has 0 atom stereocenters. The van der Waals surface area contributed by atoms with Crippen molar-refractivity contribution in [2.45, 2.75) is 46.1 Å². The lowest BCUT2D eigenvalue weighted by molar-refractivity contribution is -0.384. The van der Waals surface area contributed by atoms with Gasteiger partial charge in [-0.2, -0.15) is 5.10 Å². The molecule has 1 aliphatic carbocycles. The van der Waals surface area contributed by atoms with Gasteiger partial charge in [0.25, 0.3) is 11.6 Å². The molecule has 1 aliphatic rings. The van der Waals surface area contributed by atoms with Gasteiger partial charge in [0, 0.05) is 35.7 Å². The number of hydrazone groups is 1. The minimum Gasteiger partial charge on any atom is -0.455 e. The summed E-state index contributed by atoms with van der Waals surface area (Å²) in [4.78, 5) is 22.6. The van der Waals surface area contributed by atoms with Crippen molar-refractivity contribution in [3.63, 3.8) is 0 Å². The van der Waals surface area contributed by atoms with E-state index in [4.69, 9.17) is 4.42 Å². The number of amides is 1. The van der Waals surface area contributed by atoms with E-state index >= 15 is 0 Å². The van der Waals surface area contributed by atoms with Crippen LogP contribution >= 0.6 is 0 Å². The van der Waals surface area contributed by atoms with E-state index in [9.17, 15) is 14.9 Å². The summed E-state index contributed by atoms with van der Waals surface area (Å²) in [6.45, 7) is 5.67. The minimum atomic E-state index is -0.443. The smallest absolute Gasteiger partial charge is 0.287 e. The van der Waals surface area contributed by atoms with Crippen molar-refractivity contribution in [1.29, 1.82) is 0 Å². The first-order chi connectivity index (χ1) is 12.9. The number of hydrogen-bond acceptors (Lipinski definition) is 6. The highest BCUT2D eigenvalue weighted by Crippen LogP contribution is 2.30. The third-order valence-electron chi connectivity index (χ3n) is 4.35. The zero-order valence-electron chi connectivity index (χ0n) is 15.5. The number of anilines is 1. The van der Waals surface area contributed by atoms with Crippen LogP contribution in [0.25, 0.3) is 0 Å². The van der Waals surface area contributed by atoms with Gasteiger partial charge in [-0.25, -0.2) is 0 Å². The van der Waals surface area contributed by atoms with Gasteiger partial charge in [0.2, 0.25) is 0 Å². The molecule has 0 bridgehead atoms. The number of benzene rings is 1. The van der Waals surface area contributed by atoms with E-state index in [2.05, 4.69) is 15.8 Å². The van der Waals surface area contributed by atoms with Crippen molar-refractivity contribution in [3.8, 4) is 0 Å². The van der Waals surface area contributed by atoms with E-state index in [0.29, 0.717) is 11.4 Å². The summed E-state index contributed by atoms with van der Waals surface area (Å²) in [6, 6.07) is 6.08. The monoisotopic (exact) mass is 370 g/mol. The largest absolute Gasteiger partial charge is 0.455 e. The number of carbonyl (C=O) groups excluding carboxylic acids is 1. The number of hydrogen-bond donors (Lipinski definition) is 2. The Balaban J connectivity index is 1.85. The van der Waals surface area contributed by atoms with Crippen LogP contribution in [0.15, 0.2) is 33.8 Å². The number of furan rings is 1. The Bertz CT molecular complexity index is 897. The molecule has 8 heteroatoms. The third kappa shape index (κ3) is 3.99. The lowest BCUT2D eigenvalue weighted by atomic mass is 9.93. The van der Waals surface area contributed by atoms with Crippen molar-refractivity contribution >= 4 is 23.0 Å². The number of nitro groups is 1. The Labute approximate surface area is 156 Å². The van der Waals surface area contributed by atoms with Gasteiger partial charge < -0.3 is 9.73 Å². The SMILES string of the molecule is Cc1c(C(=O)NC(C)C)oc2c1/C(=N/Nc1ccc([N+](=O)[O-])cc1)CCC2. The van der Waals surface area contributed by atoms with Crippen LogP contribution in [-0.4, -0.2) is 22.6 Å². The number of carbonyl (C=O) groups is 1. The van der Waals surface area contributed by atoms with Gasteiger partial charge in [-0.05, 0) is 45.7 Å². The third-order valence-corrected chi connectivity index (χ3v) is 4.35. The molecule has 1 aromatic carbocycles. The second-order valence-electron chi connectivity index (χ2n) is 6.81. The molecule has 1 heterocycles. The first-order valence-corrected chi connectivity index (χ1v) is 8.87. The second-order valence-corrected chi connectivity index (χ2v) is 6.81. The molecule has 2 aromatic rings. The van der Waals surface area contributed by atoms with E-state index in [-0.39, 0.29) is 17.6 Å². The predicted molar refractivity (Wildman–Crippen MR) is 102 cm³/mol. The molecule has 1 amide bonds. The topological polar surface area (TPSA) is 110 Å². The van der Waals surface area contributed by atoms with Crippen molar-refractivity contribution in [2.75, 3.05) is 5.43 Å². The van der Waals surface area contributed by atoms with Crippen LogP contribution < -0.4 is 10.7 Å². The maximum absolute atomic E-state index is 12.4. The van der Waals surface area contributed by atoms with E-state index < -0.39 is 4.92 Å². The molecule has 0 unspecified atom stereocenters. The van der Waals surface area contributed by atoms with E-state index in [1.165, 1.54) is 12.1 Å². The molecule has 0 saturated heterocycles. The van der Waals surface area contributed by atoms with Gasteiger partial charge in [0.15, 0.2) is 5.76 Å². The zero-order chi connectivity index (χ0) is 19.6. The van der Waals surface area contributed by atoms with E-state index in [1.54, 1.807) is 12.1 Å². The summed E-state index contributed by atoms with van der Waals surface area (Å²) in [7, 11) is 0. The quantitative estimate of drug-likeness (QED) is 0.615. The highest BCUT2D eigenvalue weighted by molar-refractivity contribution is 6.06. The van der Waals surface area contributed by atoms with E-state index in [1.807, 2.05) is 20.8 Å². The van der Waals surface area contributed by atoms with Crippen molar-refractivity contribution in [3.05, 3.63) is 57.0 Å². The number of non-ortho nitro benzene ring substituents is 1. The fourth-order valence-electron chi connectivity index (χ4n) is 3.11. The fraction of sp³-hybridized carbons (Fsp3) is 0.368. The van der Waals surface area contributed by atoms with Crippen LogP contribution in [-0.2, 0) is 6.42 Å². The summed E-state index contributed by atoms with van der Waals surface area (Å²) in [5, 5.41) is 18.1. The van der Waals surface area contributed by atoms with Crippen LogP contribution in [0.1, 0.15) is 54.1 Å². The van der Waals surface area contributed by atoms with Gasteiger partial charge in [-0.1, -0.05) is 0 Å². The number of nitrogens with zero attached hydrogens (tertiary/aromatic N) is 2. The van der Waals surface area contributed by atoms with Gasteiger partial charge in [-0.3, -0.25) is 20.3 Å². The molecule has 2 N–H and O–H groups in total. The minimum absolute atomic E-state index is 0.0240. The number of nitro benzene ring substituents is 1. The number of rotatable bonds is 5. The van der Waals surface area contributed by atoms with Crippen molar-refractivity contribution in [2.24, 2.45) is 5.10 Å². The number of fused-ring (bicyclic) bond motifs is 1. The van der Waals surface area contributed by atoms with Crippen molar-refractivity contribution < 1.29 is 14.1 Å². The molecule has 0 radical (unpaired) electrons. The van der Waals surface area contributed by atoms with Gasteiger partial charge >= 0.3 is 0 Å². The Kier molecular flexibility index (Phi) is 5.25. The summed E-state index contributed by atoms with van der Waals surface area (Å²) >= 11 is 0. The summed E-state index contributed by atoms with van der Waals surface area (Å²) in [5.41, 5.74) is 6.10. The molecule has 27 heavy (non-hydrogen) atoms. The van der Waals surface area contributed by atoms with Gasteiger partial charge in [0.05, 0.1) is 16.3 Å². The second kappa shape index (κ2) is 7.61. The summed E-state index contributed by atoms with van der Waals surface area (Å²) in [6.07, 6.45) is 2.41. The Hall–Kier alpha value is -3.16. The zero-order valence-corrected chi connectivity index (χ0v) is 15.5. The molecule has 8 nitrogen and oxygen atoms in total. The molecule has 142 valence electrons. The molecule has 1 aromatic heterocycles. The summed E-state index contributed by atoms with van der Waals surface area (Å²) < 4.78 is 5.83. The molecule has 0 spiro atoms. The fourth-order valence-corrected chi connectivity index (χ4v) is 3.11. The van der Waals surface area contributed by atoms with Crippen LogP contribution in [0.4, 0.5) is 11.4 Å². The van der Waals surface area contributed by atoms with Gasteiger partial charge in [-0.15, -0.1) is 0 Å². The first-order valence-electron chi connectivity index (χ1n) is 8.87. The van der Waals surface area contributed by atoms with Crippen LogP contribution in [0.2, 0.25) is 0 Å². The Morgan fingerprint density at radius 2 is 1.96 bits per heavy atom. The number of nitrogens with one attached hydrogen (secondary N) is 2. The van der Waals surface area contributed by atoms with Crippen LogP contribution in [0.3, 0.4) is 0 Å². The van der Waals surface area contributed by atoms with Crippen LogP contribution in [0.5, 0.6) is 0 Å². The van der Waals surface area contributed by atoms with E-state index in [0.717, 1.165) is 41.9 Å². The van der Waals surface area contributed by atoms with Gasteiger partial charge in [0.1, 0.15) is 5.76 Å². The predicted octanol–water partition coefficient (Wildman–Crippen LogP) is 3.79. The Morgan fingerprint density at radius 1 is 1.26 bits per heavy atom. The first kappa shape index (κ1) is 18.6. The molecular formula is C19H22N4O4. The average Bonchev–Trinajstić information content (AvgIpc) is 2.97. The molecule has 3 rings (SSSR count). The maximum Gasteiger partial charge on any atom is 0.287 e. The molecule has 0 saturated carbocycles. The molecule has 0 aliphatic heterocycles. The molecule has 0 fully saturated rings.